The van der Waals surface area contributed by atoms with Crippen molar-refractivity contribution in [2.75, 3.05) is 5.73 Å². The Morgan fingerprint density at radius 2 is 2.00 bits per heavy atom. The summed E-state index contributed by atoms with van der Waals surface area (Å²) < 4.78 is 3.73. The zero-order valence-corrected chi connectivity index (χ0v) is 12.6. The molecule has 0 aliphatic carbocycles. The Hall–Kier alpha value is -1.96. The number of nitrogens with two attached hydrogens (primary N) is 1. The van der Waals surface area contributed by atoms with Crippen LogP contribution < -0.4 is 5.73 Å². The predicted octanol–water partition coefficient (Wildman–Crippen LogP) is 2.05. The number of rotatable bonds is 4. The number of fused-ring (bicyclic) bond motifs is 1. The van der Waals surface area contributed by atoms with E-state index in [1.165, 1.54) is 11.3 Å². The van der Waals surface area contributed by atoms with Crippen molar-refractivity contribution in [1.82, 2.24) is 29.6 Å². The quantitative estimate of drug-likeness (QED) is 0.795. The Kier molecular flexibility index (Phi) is 3.17. The molecule has 0 saturated carbocycles. The molecule has 0 amide bonds. The van der Waals surface area contributed by atoms with E-state index in [2.05, 4.69) is 34.2 Å². The van der Waals surface area contributed by atoms with Crippen molar-refractivity contribution in [3.05, 3.63) is 11.4 Å². The summed E-state index contributed by atoms with van der Waals surface area (Å²) in [4.78, 5) is 0.706. The van der Waals surface area contributed by atoms with E-state index >= 15 is 0 Å². The molecule has 8 heteroatoms. The van der Waals surface area contributed by atoms with Crippen LogP contribution in [0.1, 0.15) is 31.2 Å². The fourth-order valence-corrected chi connectivity index (χ4v) is 2.94. The van der Waals surface area contributed by atoms with Crippen molar-refractivity contribution in [2.24, 2.45) is 0 Å². The van der Waals surface area contributed by atoms with Gasteiger partial charge in [-0.3, -0.25) is 4.68 Å². The van der Waals surface area contributed by atoms with Crippen molar-refractivity contribution in [1.29, 1.82) is 0 Å². The molecule has 7 nitrogen and oxygen atoms in total. The normalized spacial score (nSPS) is 11.6. The molecule has 0 aliphatic rings. The molecule has 106 valence electrons. The topological polar surface area (TPSA) is 86.9 Å². The van der Waals surface area contributed by atoms with E-state index in [1.54, 1.807) is 4.52 Å². The van der Waals surface area contributed by atoms with E-state index in [0.717, 1.165) is 36.3 Å². The van der Waals surface area contributed by atoms with Crippen LogP contribution in [0.25, 0.3) is 16.3 Å². The molecule has 0 radical (unpaired) electrons. The first kappa shape index (κ1) is 13.0. The summed E-state index contributed by atoms with van der Waals surface area (Å²) in [6.07, 6.45) is 2.26. The van der Waals surface area contributed by atoms with Gasteiger partial charge >= 0.3 is 0 Å². The SMILES string of the molecule is CCCCn1nc(C)c(-c2nnc3sc(N)nn23)c1C. The highest BCUT2D eigenvalue weighted by Gasteiger charge is 2.20. The second-order valence-electron chi connectivity index (χ2n) is 4.78. The Labute approximate surface area is 120 Å². The van der Waals surface area contributed by atoms with E-state index < -0.39 is 0 Å². The summed E-state index contributed by atoms with van der Waals surface area (Å²) in [5.41, 5.74) is 8.76. The molecule has 0 spiro atoms. The molecule has 0 aromatic carbocycles. The lowest BCUT2D eigenvalue weighted by Crippen LogP contribution is -2.02. The zero-order valence-electron chi connectivity index (χ0n) is 11.8. The third-order valence-corrected chi connectivity index (χ3v) is 4.06. The molecule has 20 heavy (non-hydrogen) atoms. The van der Waals surface area contributed by atoms with Gasteiger partial charge < -0.3 is 5.73 Å². The zero-order chi connectivity index (χ0) is 14.3. The van der Waals surface area contributed by atoms with E-state index in [1.807, 2.05) is 11.6 Å². The average molecular weight is 291 g/mol. The number of aryl methyl sites for hydroxylation is 2. The molecule has 3 aromatic rings. The molecule has 3 heterocycles. The molecule has 2 N–H and O–H groups in total. The maximum Gasteiger partial charge on any atom is 0.236 e. The minimum Gasteiger partial charge on any atom is -0.374 e. The maximum atomic E-state index is 5.73. The van der Waals surface area contributed by atoms with Crippen LogP contribution in [-0.2, 0) is 6.54 Å². The molecule has 0 unspecified atom stereocenters. The van der Waals surface area contributed by atoms with Crippen LogP contribution in [0.5, 0.6) is 0 Å². The summed E-state index contributed by atoms with van der Waals surface area (Å²) in [6, 6.07) is 0. The van der Waals surface area contributed by atoms with Gasteiger partial charge in [-0.2, -0.15) is 9.61 Å². The Balaban J connectivity index is 2.11. The molecule has 3 aromatic heterocycles. The molecular formula is C12H17N7S. The molecule has 0 aliphatic heterocycles. The van der Waals surface area contributed by atoms with Crippen LogP contribution in [0.4, 0.5) is 5.13 Å². The fraction of sp³-hybridized carbons (Fsp3) is 0.500. The number of nitrogen functional groups attached to an aromatic ring is 1. The number of hydrogen-bond donors (Lipinski definition) is 1. The second-order valence-corrected chi connectivity index (χ2v) is 5.77. The number of anilines is 1. The molecule has 3 rings (SSSR count). The number of unbranched alkanes of at least 4 members (excludes halogenated alkanes) is 1. The van der Waals surface area contributed by atoms with Gasteiger partial charge in [0.05, 0.1) is 11.3 Å². The maximum absolute atomic E-state index is 5.73. The molecule has 0 bridgehead atoms. The first-order valence-electron chi connectivity index (χ1n) is 6.64. The van der Waals surface area contributed by atoms with Crippen molar-refractivity contribution < 1.29 is 0 Å². The third-order valence-electron chi connectivity index (χ3n) is 3.34. The highest BCUT2D eigenvalue weighted by Crippen LogP contribution is 2.27. The first-order valence-corrected chi connectivity index (χ1v) is 7.45. The average Bonchev–Trinajstić information content (AvgIpc) is 3.02. The van der Waals surface area contributed by atoms with Crippen LogP contribution in [0.2, 0.25) is 0 Å². The highest BCUT2D eigenvalue weighted by atomic mass is 32.1. The number of aromatic nitrogens is 6. The smallest absolute Gasteiger partial charge is 0.236 e. The van der Waals surface area contributed by atoms with Gasteiger partial charge in [-0.15, -0.1) is 15.3 Å². The van der Waals surface area contributed by atoms with Crippen LogP contribution in [0.15, 0.2) is 0 Å². The highest BCUT2D eigenvalue weighted by molar-refractivity contribution is 7.20. The van der Waals surface area contributed by atoms with E-state index in [4.69, 9.17) is 5.73 Å². The third kappa shape index (κ3) is 1.96. The lowest BCUT2D eigenvalue weighted by atomic mass is 10.2. The summed E-state index contributed by atoms with van der Waals surface area (Å²) >= 11 is 1.33. The summed E-state index contributed by atoms with van der Waals surface area (Å²) in [6.45, 7) is 7.14. The lowest BCUT2D eigenvalue weighted by Gasteiger charge is -2.03. The summed E-state index contributed by atoms with van der Waals surface area (Å²) in [7, 11) is 0. The van der Waals surface area contributed by atoms with Gasteiger partial charge in [0.1, 0.15) is 0 Å². The van der Waals surface area contributed by atoms with Crippen molar-refractivity contribution in [3.8, 4) is 11.4 Å². The minimum absolute atomic E-state index is 0.491. The van der Waals surface area contributed by atoms with Gasteiger partial charge in [-0.25, -0.2) is 0 Å². The fourth-order valence-electron chi connectivity index (χ4n) is 2.33. The summed E-state index contributed by atoms with van der Waals surface area (Å²) in [5.74, 6) is 0.714. The predicted molar refractivity (Wildman–Crippen MR) is 78.7 cm³/mol. The minimum atomic E-state index is 0.491. The molecule has 0 atom stereocenters. The molecule has 0 saturated heterocycles. The van der Waals surface area contributed by atoms with Gasteiger partial charge in [-0.1, -0.05) is 24.7 Å². The monoisotopic (exact) mass is 291 g/mol. The first-order chi connectivity index (χ1) is 9.61. The Bertz CT molecular complexity index is 751. The van der Waals surface area contributed by atoms with Crippen LogP contribution in [0.3, 0.4) is 0 Å². The second kappa shape index (κ2) is 4.86. The van der Waals surface area contributed by atoms with E-state index in [0.29, 0.717) is 15.9 Å². The molecule has 0 fully saturated rings. The van der Waals surface area contributed by atoms with E-state index in [9.17, 15) is 0 Å². The summed E-state index contributed by atoms with van der Waals surface area (Å²) in [5, 5.41) is 17.7. The van der Waals surface area contributed by atoms with Gasteiger partial charge in [0.2, 0.25) is 10.1 Å². The van der Waals surface area contributed by atoms with E-state index in [-0.39, 0.29) is 0 Å². The largest absolute Gasteiger partial charge is 0.374 e. The van der Waals surface area contributed by atoms with Crippen molar-refractivity contribution >= 4 is 21.4 Å². The van der Waals surface area contributed by atoms with Crippen LogP contribution in [0, 0.1) is 13.8 Å². The Morgan fingerprint density at radius 1 is 1.20 bits per heavy atom. The van der Waals surface area contributed by atoms with Crippen LogP contribution >= 0.6 is 11.3 Å². The van der Waals surface area contributed by atoms with Crippen LogP contribution in [-0.4, -0.2) is 29.6 Å². The lowest BCUT2D eigenvalue weighted by molar-refractivity contribution is 0.556. The van der Waals surface area contributed by atoms with Gasteiger partial charge in [0, 0.05) is 12.2 Å². The molecular weight excluding hydrogens is 274 g/mol. The Morgan fingerprint density at radius 3 is 2.75 bits per heavy atom. The standard InChI is InChI=1S/C12H17N7S/c1-4-5-6-18-8(3)9(7(2)16-18)10-14-15-12-19(10)17-11(13)20-12/h4-6H2,1-3H3,(H2,13,17). The van der Waals surface area contributed by atoms with Crippen molar-refractivity contribution in [2.45, 2.75) is 40.2 Å². The van der Waals surface area contributed by atoms with Gasteiger partial charge in [0.25, 0.3) is 0 Å². The van der Waals surface area contributed by atoms with Crippen molar-refractivity contribution in [3.63, 3.8) is 0 Å². The van der Waals surface area contributed by atoms with Gasteiger partial charge in [0.15, 0.2) is 5.82 Å². The number of hydrogen-bond acceptors (Lipinski definition) is 6. The van der Waals surface area contributed by atoms with Gasteiger partial charge in [-0.05, 0) is 20.3 Å². The number of nitrogens with zero attached hydrogens (tertiary/aromatic N) is 6.